The van der Waals surface area contributed by atoms with E-state index in [4.69, 9.17) is 10.7 Å². The normalized spacial score (nSPS) is 13.2. The summed E-state index contributed by atoms with van der Waals surface area (Å²) in [4.78, 5) is 0. The maximum atomic E-state index is 11.6. The topological polar surface area (TPSA) is 46.2 Å². The van der Waals surface area contributed by atoms with Crippen LogP contribution in [0.4, 0.5) is 13.2 Å². The van der Waals surface area contributed by atoms with E-state index in [0.717, 1.165) is 0 Å². The van der Waals surface area contributed by atoms with Crippen LogP contribution in [0.2, 0.25) is 0 Å². The molecule has 0 spiro atoms. The fraction of sp³-hybridized carbons (Fsp3) is 1.00. The molecule has 0 amide bonds. The Hall–Kier alpha value is -0.0100. The fourth-order valence-electron chi connectivity index (χ4n) is 0.645. The largest absolute Gasteiger partial charge is 0.389 e. The first-order chi connectivity index (χ1) is 5.71. The van der Waals surface area contributed by atoms with Crippen molar-refractivity contribution in [1.29, 1.82) is 0 Å². The summed E-state index contributed by atoms with van der Waals surface area (Å²) in [5, 5.41) is 0. The molecule has 0 atom stereocenters. The molecule has 0 unspecified atom stereocenters. The van der Waals surface area contributed by atoms with Crippen molar-refractivity contribution in [2.75, 3.05) is 6.54 Å². The van der Waals surface area contributed by atoms with Gasteiger partial charge in [-0.05, 0) is 12.8 Å². The van der Waals surface area contributed by atoms with Gasteiger partial charge in [-0.2, -0.15) is 21.6 Å². The smallest absolute Gasteiger partial charge is 0.202 e. The second-order valence-electron chi connectivity index (χ2n) is 2.40. The van der Waals surface area contributed by atoms with E-state index in [9.17, 15) is 21.6 Å². The second kappa shape index (κ2) is 5.02. The van der Waals surface area contributed by atoms with E-state index in [2.05, 4.69) is 0 Å². The van der Waals surface area contributed by atoms with E-state index >= 15 is 0 Å². The summed E-state index contributed by atoms with van der Waals surface area (Å²) < 4.78 is 57.0. The third kappa shape index (κ3) is 12.0. The highest BCUT2D eigenvalue weighted by Gasteiger charge is 2.25. The van der Waals surface area contributed by atoms with Gasteiger partial charge in [-0.15, -0.1) is 0 Å². The van der Waals surface area contributed by atoms with Crippen LogP contribution in [0.5, 0.6) is 0 Å². The lowest BCUT2D eigenvalue weighted by molar-refractivity contribution is -0.135. The Morgan fingerprint density at radius 2 is 1.77 bits per heavy atom. The molecule has 0 aromatic rings. The average Bonchev–Trinajstić information content (AvgIpc) is 1.81. The number of rotatable bonds is 5. The van der Waals surface area contributed by atoms with Crippen LogP contribution in [0.3, 0.4) is 0 Å². The molecule has 0 radical (unpaired) electrons. The van der Waals surface area contributed by atoms with Crippen LogP contribution in [0.15, 0.2) is 0 Å². The number of hydrogen-bond acceptors (Lipinski definition) is 2. The minimum Gasteiger partial charge on any atom is -0.202 e. The van der Waals surface area contributed by atoms with Crippen molar-refractivity contribution in [3.05, 3.63) is 0 Å². The summed E-state index contributed by atoms with van der Waals surface area (Å²) in [5.74, 6) is 0. The quantitative estimate of drug-likeness (QED) is 0.587. The first kappa shape index (κ1) is 13.0. The molecule has 0 saturated carbocycles. The van der Waals surface area contributed by atoms with Crippen LogP contribution >= 0.6 is 10.7 Å². The van der Waals surface area contributed by atoms with E-state index < -0.39 is 21.8 Å². The summed E-state index contributed by atoms with van der Waals surface area (Å²) in [7, 11) is 0.942. The summed E-state index contributed by atoms with van der Waals surface area (Å²) in [6.07, 6.45) is -5.08. The van der Waals surface area contributed by atoms with Crippen LogP contribution in [-0.4, -0.2) is 21.1 Å². The highest BCUT2D eigenvalue weighted by Crippen LogP contribution is 2.21. The SMILES string of the molecule is O=S(=O)(Cl)NCCCCC(F)(F)F. The first-order valence-electron chi connectivity index (χ1n) is 3.47. The zero-order valence-corrected chi connectivity index (χ0v) is 8.14. The molecule has 0 heterocycles. The van der Waals surface area contributed by atoms with Gasteiger partial charge in [0, 0.05) is 23.6 Å². The Kier molecular flexibility index (Phi) is 5.01. The minimum absolute atomic E-state index is 0.0675. The van der Waals surface area contributed by atoms with E-state index in [1.54, 1.807) is 0 Å². The van der Waals surface area contributed by atoms with Gasteiger partial charge in [0.05, 0.1) is 0 Å². The highest BCUT2D eigenvalue weighted by atomic mass is 35.7. The number of alkyl halides is 3. The number of hydrogen-bond donors (Lipinski definition) is 1. The Balaban J connectivity index is 3.39. The molecule has 3 nitrogen and oxygen atoms in total. The van der Waals surface area contributed by atoms with Crippen molar-refractivity contribution < 1.29 is 21.6 Å². The Morgan fingerprint density at radius 3 is 2.15 bits per heavy atom. The van der Waals surface area contributed by atoms with Crippen molar-refractivity contribution in [2.45, 2.75) is 25.4 Å². The molecule has 0 aromatic carbocycles. The molecule has 0 saturated heterocycles. The van der Waals surface area contributed by atoms with Gasteiger partial charge in [0.25, 0.3) is 9.24 Å². The zero-order valence-electron chi connectivity index (χ0n) is 6.57. The van der Waals surface area contributed by atoms with Crippen LogP contribution in [-0.2, 0) is 9.24 Å². The van der Waals surface area contributed by atoms with Crippen LogP contribution in [0, 0.1) is 0 Å². The molecular formula is C5H9ClF3NO2S. The van der Waals surface area contributed by atoms with Gasteiger partial charge in [-0.3, -0.25) is 0 Å². The van der Waals surface area contributed by atoms with E-state index in [-0.39, 0.29) is 19.4 Å². The third-order valence-corrected chi connectivity index (χ3v) is 2.04. The predicted octanol–water partition coefficient (Wildman–Crippen LogP) is 1.79. The average molecular weight is 240 g/mol. The maximum Gasteiger partial charge on any atom is 0.389 e. The monoisotopic (exact) mass is 239 g/mol. The van der Waals surface area contributed by atoms with E-state index in [1.807, 2.05) is 4.72 Å². The summed E-state index contributed by atoms with van der Waals surface area (Å²) in [6.45, 7) is -0.0675. The lowest BCUT2D eigenvalue weighted by Gasteiger charge is -2.05. The molecule has 0 aliphatic heterocycles. The molecule has 80 valence electrons. The van der Waals surface area contributed by atoms with Crippen molar-refractivity contribution in [2.24, 2.45) is 0 Å². The lowest BCUT2D eigenvalue weighted by atomic mass is 10.2. The van der Waals surface area contributed by atoms with Gasteiger partial charge in [-0.1, -0.05) is 0 Å². The Morgan fingerprint density at radius 1 is 1.23 bits per heavy atom. The van der Waals surface area contributed by atoms with Gasteiger partial charge in [0.2, 0.25) is 0 Å². The molecule has 0 rings (SSSR count). The van der Waals surface area contributed by atoms with Gasteiger partial charge in [0.15, 0.2) is 0 Å². The molecule has 0 fully saturated rings. The number of unbranched alkanes of at least 4 members (excludes halogenated alkanes) is 1. The fourth-order valence-corrected chi connectivity index (χ4v) is 1.26. The van der Waals surface area contributed by atoms with Crippen molar-refractivity contribution >= 4 is 19.9 Å². The molecule has 8 heteroatoms. The van der Waals surface area contributed by atoms with Crippen molar-refractivity contribution in [3.63, 3.8) is 0 Å². The lowest BCUT2D eigenvalue weighted by Crippen LogP contribution is -2.19. The number of nitrogens with one attached hydrogen (secondary N) is 1. The van der Waals surface area contributed by atoms with Crippen LogP contribution in [0.25, 0.3) is 0 Å². The molecule has 0 aliphatic rings. The molecule has 0 bridgehead atoms. The summed E-state index contributed by atoms with van der Waals surface area (Å²) >= 11 is 0. The molecular weight excluding hydrogens is 231 g/mol. The molecule has 13 heavy (non-hydrogen) atoms. The van der Waals surface area contributed by atoms with Gasteiger partial charge in [-0.25, -0.2) is 4.72 Å². The van der Waals surface area contributed by atoms with Crippen molar-refractivity contribution in [3.8, 4) is 0 Å². The second-order valence-corrected chi connectivity index (χ2v) is 4.79. The standard InChI is InChI=1S/C5H9ClF3NO2S/c6-13(11,12)10-4-2-1-3-5(7,8)9/h10H,1-4H2. The van der Waals surface area contributed by atoms with E-state index in [0.29, 0.717) is 0 Å². The third-order valence-electron chi connectivity index (χ3n) is 1.16. The molecule has 0 aliphatic carbocycles. The van der Waals surface area contributed by atoms with Crippen molar-refractivity contribution in [1.82, 2.24) is 4.72 Å². The van der Waals surface area contributed by atoms with E-state index in [1.165, 1.54) is 0 Å². The predicted molar refractivity (Wildman–Crippen MR) is 42.7 cm³/mol. The first-order valence-corrected chi connectivity index (χ1v) is 5.78. The molecule has 0 aromatic heterocycles. The van der Waals surface area contributed by atoms with Crippen LogP contribution in [0.1, 0.15) is 19.3 Å². The zero-order chi connectivity index (χ0) is 10.5. The minimum atomic E-state index is -4.18. The van der Waals surface area contributed by atoms with Gasteiger partial charge < -0.3 is 0 Å². The van der Waals surface area contributed by atoms with Gasteiger partial charge in [0.1, 0.15) is 0 Å². The Labute approximate surface area is 78.8 Å². The van der Waals surface area contributed by atoms with Gasteiger partial charge >= 0.3 is 6.18 Å². The maximum absolute atomic E-state index is 11.6. The Bertz CT molecular complexity index is 239. The summed E-state index contributed by atoms with van der Waals surface area (Å²) in [5.41, 5.74) is 0. The summed E-state index contributed by atoms with van der Waals surface area (Å²) in [6, 6.07) is 0. The number of halogens is 4. The molecule has 1 N–H and O–H groups in total. The van der Waals surface area contributed by atoms with Crippen LogP contribution < -0.4 is 4.72 Å². The highest BCUT2D eigenvalue weighted by molar-refractivity contribution is 8.12.